The van der Waals surface area contributed by atoms with Crippen molar-refractivity contribution in [2.45, 2.75) is 25.1 Å². The first kappa shape index (κ1) is 9.79. The standard InChI is InChI=1S/C7H13N3O3/c1-8-7(13)9-4-2-3-5(11)10-6(4)12/h4-5,11H,2-3H2,1H3,(H,10,12)(H2,8,9,13). The number of rotatable bonds is 1. The molecule has 6 nitrogen and oxygen atoms in total. The van der Waals surface area contributed by atoms with E-state index in [1.165, 1.54) is 7.05 Å². The van der Waals surface area contributed by atoms with E-state index >= 15 is 0 Å². The maximum absolute atomic E-state index is 11.1. The summed E-state index contributed by atoms with van der Waals surface area (Å²) in [6.45, 7) is 0. The molecule has 0 saturated carbocycles. The first-order valence-corrected chi connectivity index (χ1v) is 4.10. The third kappa shape index (κ3) is 2.59. The number of nitrogens with one attached hydrogen (secondary N) is 3. The molecular formula is C7H13N3O3. The Bertz CT molecular complexity index is 219. The minimum absolute atomic E-state index is 0.345. The van der Waals surface area contributed by atoms with Gasteiger partial charge in [-0.1, -0.05) is 0 Å². The van der Waals surface area contributed by atoms with Gasteiger partial charge in [0.2, 0.25) is 5.91 Å². The largest absolute Gasteiger partial charge is 0.374 e. The number of aliphatic hydroxyl groups is 1. The van der Waals surface area contributed by atoms with E-state index in [1.54, 1.807) is 0 Å². The fourth-order valence-electron chi connectivity index (χ4n) is 1.16. The second kappa shape index (κ2) is 4.08. The summed E-state index contributed by atoms with van der Waals surface area (Å²) in [7, 11) is 1.48. The van der Waals surface area contributed by atoms with Crippen LogP contribution in [0.4, 0.5) is 4.79 Å². The number of hydrogen-bond acceptors (Lipinski definition) is 3. The van der Waals surface area contributed by atoms with Crippen LogP contribution in [0, 0.1) is 0 Å². The maximum atomic E-state index is 11.1. The fraction of sp³-hybridized carbons (Fsp3) is 0.714. The molecule has 0 aromatic rings. The van der Waals surface area contributed by atoms with Gasteiger partial charge in [0, 0.05) is 7.05 Å². The number of hydrogen-bond donors (Lipinski definition) is 4. The summed E-state index contributed by atoms with van der Waals surface area (Å²) < 4.78 is 0. The lowest BCUT2D eigenvalue weighted by molar-refractivity contribution is -0.128. The Kier molecular flexibility index (Phi) is 3.07. The number of carbonyl (C=O) groups excluding carboxylic acids is 2. The average Bonchev–Trinajstić information content (AvgIpc) is 2.09. The van der Waals surface area contributed by atoms with E-state index < -0.39 is 18.3 Å². The first-order chi connectivity index (χ1) is 6.13. The highest BCUT2D eigenvalue weighted by atomic mass is 16.3. The zero-order valence-electron chi connectivity index (χ0n) is 7.33. The lowest BCUT2D eigenvalue weighted by Gasteiger charge is -2.26. The Balaban J connectivity index is 2.42. The molecule has 0 radical (unpaired) electrons. The van der Waals surface area contributed by atoms with E-state index in [2.05, 4.69) is 16.0 Å². The van der Waals surface area contributed by atoms with Crippen LogP contribution in [0.3, 0.4) is 0 Å². The number of amides is 3. The van der Waals surface area contributed by atoms with E-state index in [0.29, 0.717) is 12.8 Å². The number of urea groups is 1. The van der Waals surface area contributed by atoms with Crippen molar-refractivity contribution in [2.75, 3.05) is 7.05 Å². The van der Waals surface area contributed by atoms with Gasteiger partial charge in [0.15, 0.2) is 0 Å². The van der Waals surface area contributed by atoms with Gasteiger partial charge in [0.05, 0.1) is 0 Å². The van der Waals surface area contributed by atoms with Gasteiger partial charge in [0.1, 0.15) is 12.3 Å². The molecule has 1 heterocycles. The molecule has 74 valence electrons. The molecular weight excluding hydrogens is 174 g/mol. The summed E-state index contributed by atoms with van der Waals surface area (Å²) in [4.78, 5) is 22.0. The Morgan fingerprint density at radius 2 is 2.31 bits per heavy atom. The number of piperidine rings is 1. The van der Waals surface area contributed by atoms with Crippen molar-refractivity contribution in [1.82, 2.24) is 16.0 Å². The van der Waals surface area contributed by atoms with Crippen LogP contribution in [0.1, 0.15) is 12.8 Å². The van der Waals surface area contributed by atoms with Gasteiger partial charge in [-0.2, -0.15) is 0 Å². The van der Waals surface area contributed by atoms with Crippen molar-refractivity contribution >= 4 is 11.9 Å². The van der Waals surface area contributed by atoms with E-state index in [1.807, 2.05) is 0 Å². The van der Waals surface area contributed by atoms with Gasteiger partial charge >= 0.3 is 6.03 Å². The molecule has 0 aromatic heterocycles. The number of carbonyl (C=O) groups is 2. The van der Waals surface area contributed by atoms with Crippen LogP contribution in [0.5, 0.6) is 0 Å². The third-order valence-corrected chi connectivity index (χ3v) is 1.89. The van der Waals surface area contributed by atoms with Gasteiger partial charge in [0.25, 0.3) is 0 Å². The topological polar surface area (TPSA) is 90.5 Å². The van der Waals surface area contributed by atoms with Crippen molar-refractivity contribution in [2.24, 2.45) is 0 Å². The zero-order chi connectivity index (χ0) is 9.84. The first-order valence-electron chi connectivity index (χ1n) is 4.10. The quantitative estimate of drug-likeness (QED) is 0.403. The monoisotopic (exact) mass is 187 g/mol. The average molecular weight is 187 g/mol. The van der Waals surface area contributed by atoms with E-state index in [-0.39, 0.29) is 5.91 Å². The van der Waals surface area contributed by atoms with Gasteiger partial charge < -0.3 is 21.1 Å². The molecule has 4 N–H and O–H groups in total. The summed E-state index contributed by atoms with van der Waals surface area (Å²) in [5, 5.41) is 16.2. The smallest absolute Gasteiger partial charge is 0.315 e. The van der Waals surface area contributed by atoms with Gasteiger partial charge in [-0.05, 0) is 12.8 Å². The summed E-state index contributed by atoms with van der Waals surface area (Å²) in [5.41, 5.74) is 0. The minimum Gasteiger partial charge on any atom is -0.374 e. The van der Waals surface area contributed by atoms with Crippen LogP contribution in [-0.2, 0) is 4.79 Å². The molecule has 2 unspecified atom stereocenters. The maximum Gasteiger partial charge on any atom is 0.315 e. The zero-order valence-corrected chi connectivity index (χ0v) is 7.33. The van der Waals surface area contributed by atoms with Gasteiger partial charge in [-0.15, -0.1) is 0 Å². The fourth-order valence-corrected chi connectivity index (χ4v) is 1.16. The summed E-state index contributed by atoms with van der Waals surface area (Å²) >= 11 is 0. The molecule has 2 atom stereocenters. The molecule has 1 saturated heterocycles. The molecule has 0 aromatic carbocycles. The summed E-state index contributed by atoms with van der Waals surface area (Å²) in [5.74, 6) is -0.345. The van der Waals surface area contributed by atoms with Crippen LogP contribution in [0.15, 0.2) is 0 Å². The molecule has 0 aliphatic carbocycles. The molecule has 0 bridgehead atoms. The molecule has 0 spiro atoms. The lowest BCUT2D eigenvalue weighted by atomic mass is 10.1. The van der Waals surface area contributed by atoms with Crippen LogP contribution in [0.25, 0.3) is 0 Å². The van der Waals surface area contributed by atoms with E-state index in [0.717, 1.165) is 0 Å². The molecule has 3 amide bonds. The Morgan fingerprint density at radius 1 is 1.62 bits per heavy atom. The molecule has 13 heavy (non-hydrogen) atoms. The Hall–Kier alpha value is -1.30. The van der Waals surface area contributed by atoms with Crippen molar-refractivity contribution in [3.8, 4) is 0 Å². The minimum atomic E-state index is -0.782. The van der Waals surface area contributed by atoms with Crippen LogP contribution < -0.4 is 16.0 Å². The SMILES string of the molecule is CNC(=O)NC1CCC(O)NC1=O. The summed E-state index contributed by atoms with van der Waals surface area (Å²) in [6.07, 6.45) is 0.135. The predicted octanol–water partition coefficient (Wildman–Crippen LogP) is -1.49. The Labute approximate surface area is 75.7 Å². The van der Waals surface area contributed by atoms with Crippen molar-refractivity contribution in [3.05, 3.63) is 0 Å². The van der Waals surface area contributed by atoms with Crippen LogP contribution in [0.2, 0.25) is 0 Å². The van der Waals surface area contributed by atoms with Crippen molar-refractivity contribution < 1.29 is 14.7 Å². The second-order valence-corrected chi connectivity index (χ2v) is 2.88. The highest BCUT2D eigenvalue weighted by molar-refractivity contribution is 5.87. The molecule has 1 rings (SSSR count). The van der Waals surface area contributed by atoms with Crippen molar-refractivity contribution in [1.29, 1.82) is 0 Å². The lowest BCUT2D eigenvalue weighted by Crippen LogP contribution is -2.55. The van der Waals surface area contributed by atoms with Gasteiger partial charge in [-0.3, -0.25) is 4.79 Å². The van der Waals surface area contributed by atoms with Crippen LogP contribution >= 0.6 is 0 Å². The number of aliphatic hydroxyl groups excluding tert-OH is 1. The third-order valence-electron chi connectivity index (χ3n) is 1.89. The highest BCUT2D eigenvalue weighted by Crippen LogP contribution is 2.06. The predicted molar refractivity (Wildman–Crippen MR) is 44.8 cm³/mol. The Morgan fingerprint density at radius 3 is 2.85 bits per heavy atom. The van der Waals surface area contributed by atoms with Crippen LogP contribution in [-0.4, -0.2) is 36.4 Å². The van der Waals surface area contributed by atoms with E-state index in [4.69, 9.17) is 5.11 Å². The molecule has 6 heteroatoms. The van der Waals surface area contributed by atoms with Gasteiger partial charge in [-0.25, -0.2) is 4.79 Å². The molecule has 1 aliphatic rings. The normalized spacial score (nSPS) is 27.7. The highest BCUT2D eigenvalue weighted by Gasteiger charge is 2.27. The molecule has 1 aliphatic heterocycles. The molecule has 1 fully saturated rings. The second-order valence-electron chi connectivity index (χ2n) is 2.88. The summed E-state index contributed by atoms with van der Waals surface area (Å²) in [6, 6.07) is -0.931. The van der Waals surface area contributed by atoms with E-state index in [9.17, 15) is 9.59 Å². The van der Waals surface area contributed by atoms with Crippen molar-refractivity contribution in [3.63, 3.8) is 0 Å².